The predicted molar refractivity (Wildman–Crippen MR) is 108 cm³/mol. The summed E-state index contributed by atoms with van der Waals surface area (Å²) in [5.74, 6) is 0. The topological polar surface area (TPSA) is 60.9 Å². The van der Waals surface area contributed by atoms with Crippen molar-refractivity contribution in [1.29, 1.82) is 0 Å². The molecule has 6 nitrogen and oxygen atoms in total. The molecule has 0 aliphatic carbocycles. The second-order valence-corrected chi connectivity index (χ2v) is 8.38. The zero-order valence-electron chi connectivity index (χ0n) is 14.4. The lowest BCUT2D eigenvalue weighted by Crippen LogP contribution is -1.98. The van der Waals surface area contributed by atoms with Gasteiger partial charge in [0.1, 0.15) is 6.33 Å². The van der Waals surface area contributed by atoms with Gasteiger partial charge in [0.2, 0.25) is 5.16 Å². The number of benzene rings is 1. The van der Waals surface area contributed by atoms with Crippen LogP contribution in [0.25, 0.3) is 21.6 Å². The van der Waals surface area contributed by atoms with Gasteiger partial charge < -0.3 is 0 Å². The first-order valence-electron chi connectivity index (χ1n) is 8.19. The predicted octanol–water partition coefficient (Wildman–Crippen LogP) is 4.95. The van der Waals surface area contributed by atoms with Gasteiger partial charge in [0, 0.05) is 5.02 Å². The van der Waals surface area contributed by atoms with Crippen molar-refractivity contribution in [1.82, 2.24) is 29.4 Å². The second-order valence-electron chi connectivity index (χ2n) is 6.05. The van der Waals surface area contributed by atoms with Crippen LogP contribution in [-0.2, 0) is 0 Å². The van der Waals surface area contributed by atoms with Crippen molar-refractivity contribution in [2.24, 2.45) is 0 Å². The van der Waals surface area contributed by atoms with Gasteiger partial charge in [0.25, 0.3) is 0 Å². The van der Waals surface area contributed by atoms with Gasteiger partial charge in [-0.05, 0) is 55.3 Å². The zero-order chi connectivity index (χ0) is 18.5. The maximum atomic E-state index is 6.14. The van der Waals surface area contributed by atoms with E-state index < -0.39 is 0 Å². The summed E-state index contributed by atoms with van der Waals surface area (Å²) < 4.78 is 4.88. The Morgan fingerprint density at radius 2 is 2.04 bits per heavy atom. The molecule has 0 fully saturated rings. The third-order valence-corrected chi connectivity index (χ3v) is 6.69. The lowest BCUT2D eigenvalue weighted by Gasteiger charge is -2.05. The van der Waals surface area contributed by atoms with E-state index in [2.05, 4.69) is 20.3 Å². The van der Waals surface area contributed by atoms with E-state index in [0.717, 1.165) is 43.0 Å². The number of aromatic nitrogens is 6. The minimum Gasteiger partial charge on any atom is -0.259 e. The first-order valence-corrected chi connectivity index (χ1v) is 10.3. The Morgan fingerprint density at radius 1 is 1.15 bits per heavy atom. The Labute approximate surface area is 167 Å². The molecule has 27 heavy (non-hydrogen) atoms. The summed E-state index contributed by atoms with van der Waals surface area (Å²) in [5, 5.41) is 16.9. The quantitative estimate of drug-likeness (QED) is 0.419. The number of fused-ring (bicyclic) bond motifs is 3. The van der Waals surface area contributed by atoms with E-state index in [-0.39, 0.29) is 0 Å². The molecule has 0 amide bonds. The molecule has 0 radical (unpaired) electrons. The van der Waals surface area contributed by atoms with Crippen molar-refractivity contribution >= 4 is 50.6 Å². The van der Waals surface area contributed by atoms with Crippen molar-refractivity contribution in [2.45, 2.75) is 23.9 Å². The number of hydrogen-bond acceptors (Lipinski definition) is 6. The molecule has 0 unspecified atom stereocenters. The number of rotatable bonds is 3. The summed E-state index contributed by atoms with van der Waals surface area (Å²) in [6, 6.07) is 9.66. The molecule has 0 aliphatic heterocycles. The largest absolute Gasteiger partial charge is 0.259 e. The van der Waals surface area contributed by atoms with Gasteiger partial charge in [-0.2, -0.15) is 5.10 Å². The molecule has 0 spiro atoms. The van der Waals surface area contributed by atoms with E-state index in [0.29, 0.717) is 5.02 Å². The average molecular weight is 413 g/mol. The maximum absolute atomic E-state index is 6.14. The van der Waals surface area contributed by atoms with Crippen LogP contribution >= 0.6 is 34.7 Å². The highest BCUT2D eigenvalue weighted by Gasteiger charge is 2.18. The van der Waals surface area contributed by atoms with Gasteiger partial charge in [-0.25, -0.2) is 9.67 Å². The molecule has 9 heteroatoms. The van der Waals surface area contributed by atoms with E-state index in [9.17, 15) is 0 Å². The zero-order valence-corrected chi connectivity index (χ0v) is 16.8. The van der Waals surface area contributed by atoms with Gasteiger partial charge in [0.05, 0.1) is 32.2 Å². The highest BCUT2D eigenvalue weighted by Crippen LogP contribution is 2.34. The van der Waals surface area contributed by atoms with Gasteiger partial charge in [-0.3, -0.25) is 4.40 Å². The van der Waals surface area contributed by atoms with Crippen LogP contribution in [0.4, 0.5) is 0 Å². The number of hydrogen-bond donors (Lipinski definition) is 0. The van der Waals surface area contributed by atoms with Crippen LogP contribution in [-0.4, -0.2) is 29.4 Å². The summed E-state index contributed by atoms with van der Waals surface area (Å²) in [6.07, 6.45) is 1.78. The van der Waals surface area contributed by atoms with E-state index in [1.807, 2.05) is 58.6 Å². The summed E-state index contributed by atoms with van der Waals surface area (Å²) >= 11 is 9.31. The van der Waals surface area contributed by atoms with E-state index >= 15 is 0 Å². The van der Waals surface area contributed by atoms with Crippen LogP contribution in [0.15, 0.2) is 52.1 Å². The second kappa shape index (κ2) is 6.33. The molecule has 0 aliphatic rings. The molecule has 1 aromatic carbocycles. The minimum atomic E-state index is 0.684. The van der Waals surface area contributed by atoms with Crippen molar-refractivity contribution in [3.05, 3.63) is 58.4 Å². The molecule has 5 aromatic rings. The van der Waals surface area contributed by atoms with Crippen molar-refractivity contribution in [3.8, 4) is 5.69 Å². The first kappa shape index (κ1) is 16.7. The highest BCUT2D eigenvalue weighted by atomic mass is 35.5. The fourth-order valence-electron chi connectivity index (χ4n) is 3.02. The molecule has 4 heterocycles. The Balaban J connectivity index is 1.59. The van der Waals surface area contributed by atoms with Crippen LogP contribution in [0.3, 0.4) is 0 Å². The molecule has 4 aromatic heterocycles. The highest BCUT2D eigenvalue weighted by molar-refractivity contribution is 7.99. The fourth-order valence-corrected chi connectivity index (χ4v) is 4.95. The Morgan fingerprint density at radius 3 is 2.89 bits per heavy atom. The molecular formula is C18H13ClN6S2. The van der Waals surface area contributed by atoms with Crippen LogP contribution in [0.2, 0.25) is 5.02 Å². The lowest BCUT2D eigenvalue weighted by molar-refractivity contribution is 0.832. The Kier molecular flexibility index (Phi) is 3.92. The summed E-state index contributed by atoms with van der Waals surface area (Å²) in [7, 11) is 0. The lowest BCUT2D eigenvalue weighted by atomic mass is 10.3. The molecule has 0 bridgehead atoms. The maximum Gasteiger partial charge on any atom is 0.201 e. The van der Waals surface area contributed by atoms with Gasteiger partial charge in [0.15, 0.2) is 5.65 Å². The van der Waals surface area contributed by atoms with Crippen molar-refractivity contribution in [3.63, 3.8) is 0 Å². The monoisotopic (exact) mass is 412 g/mol. The molecule has 134 valence electrons. The van der Waals surface area contributed by atoms with Gasteiger partial charge >= 0.3 is 0 Å². The number of aryl methyl sites for hydroxylation is 1. The average Bonchev–Trinajstić information content (AvgIpc) is 3.35. The number of thiophene rings is 1. The normalized spacial score (nSPS) is 11.7. The van der Waals surface area contributed by atoms with Crippen molar-refractivity contribution in [2.75, 3.05) is 0 Å². The van der Waals surface area contributed by atoms with E-state index in [4.69, 9.17) is 11.6 Å². The molecule has 0 saturated carbocycles. The van der Waals surface area contributed by atoms with Crippen LogP contribution in [0.1, 0.15) is 11.4 Å². The van der Waals surface area contributed by atoms with Crippen molar-refractivity contribution < 1.29 is 0 Å². The Bertz CT molecular complexity index is 1300. The molecule has 5 rings (SSSR count). The summed E-state index contributed by atoms with van der Waals surface area (Å²) in [5.41, 5.74) is 4.66. The SMILES string of the molecule is Cc1nn(-c2cccc(Cl)c2)c(C)c1Sc1nnc2c3sccc3ncn12. The molecule has 0 atom stereocenters. The molecule has 0 N–H and O–H groups in total. The number of halogens is 1. The van der Waals surface area contributed by atoms with E-state index in [1.165, 1.54) is 0 Å². The number of nitrogens with zero attached hydrogens (tertiary/aromatic N) is 6. The first-order chi connectivity index (χ1) is 13.1. The summed E-state index contributed by atoms with van der Waals surface area (Å²) in [6.45, 7) is 4.04. The third-order valence-electron chi connectivity index (χ3n) is 4.30. The third kappa shape index (κ3) is 2.72. The van der Waals surface area contributed by atoms with Gasteiger partial charge in [-0.1, -0.05) is 17.7 Å². The molecular weight excluding hydrogens is 400 g/mol. The fraction of sp³-hybridized carbons (Fsp3) is 0.111. The Hall–Kier alpha value is -2.42. The minimum absolute atomic E-state index is 0.684. The van der Waals surface area contributed by atoms with Crippen LogP contribution in [0, 0.1) is 13.8 Å². The van der Waals surface area contributed by atoms with Crippen LogP contribution in [0.5, 0.6) is 0 Å². The standard InChI is InChI=1S/C18H13ClN6S2/c1-10-15(11(2)25(23-10)13-5-3-4-12(19)8-13)27-18-22-21-17-16-14(6-7-26-16)20-9-24(17)18/h3-9H,1-2H3. The van der Waals surface area contributed by atoms with E-state index in [1.54, 1.807) is 29.4 Å². The smallest absolute Gasteiger partial charge is 0.201 e. The van der Waals surface area contributed by atoms with Crippen LogP contribution < -0.4 is 0 Å². The molecule has 0 saturated heterocycles. The van der Waals surface area contributed by atoms with Gasteiger partial charge in [-0.15, -0.1) is 21.5 Å². The summed E-state index contributed by atoms with van der Waals surface area (Å²) in [4.78, 5) is 5.55.